The zero-order valence-electron chi connectivity index (χ0n) is 10.1. The van der Waals surface area contributed by atoms with Crippen LogP contribution in [0.5, 0.6) is 5.75 Å². The van der Waals surface area contributed by atoms with Crippen molar-refractivity contribution in [1.29, 1.82) is 0 Å². The minimum atomic E-state index is 0.824. The average Bonchev–Trinajstić information content (AvgIpc) is 2.35. The monoisotopic (exact) mass is 219 g/mol. The first kappa shape index (κ1) is 11.3. The van der Waals surface area contributed by atoms with E-state index in [4.69, 9.17) is 4.74 Å². The lowest BCUT2D eigenvalue weighted by Crippen LogP contribution is -2.33. The molecule has 88 valence electrons. The Hall–Kier alpha value is -1.18. The Morgan fingerprint density at radius 3 is 2.94 bits per heavy atom. The molecule has 1 aliphatic rings. The van der Waals surface area contributed by atoms with Gasteiger partial charge in [-0.2, -0.15) is 0 Å². The number of unbranched alkanes of at least 4 members (excludes halogenated alkanes) is 3. The number of ether oxygens (including phenoxy) is 1. The quantitative estimate of drug-likeness (QED) is 0.703. The maximum absolute atomic E-state index is 5.64. The Balaban J connectivity index is 1.91. The molecule has 0 saturated heterocycles. The summed E-state index contributed by atoms with van der Waals surface area (Å²) >= 11 is 0. The number of benzene rings is 1. The zero-order valence-corrected chi connectivity index (χ0v) is 10.1. The van der Waals surface area contributed by atoms with Crippen LogP contribution in [0.2, 0.25) is 0 Å². The van der Waals surface area contributed by atoms with Crippen LogP contribution in [0.4, 0.5) is 5.69 Å². The molecular formula is C14H21NO. The Morgan fingerprint density at radius 2 is 2.06 bits per heavy atom. The lowest BCUT2D eigenvalue weighted by atomic mass is 10.1. The molecule has 0 atom stereocenters. The van der Waals surface area contributed by atoms with Crippen molar-refractivity contribution in [3.63, 3.8) is 0 Å². The Morgan fingerprint density at radius 1 is 1.19 bits per heavy atom. The van der Waals surface area contributed by atoms with Crippen molar-refractivity contribution in [2.45, 2.75) is 32.6 Å². The number of fused-ring (bicyclic) bond motifs is 1. The van der Waals surface area contributed by atoms with E-state index in [1.54, 1.807) is 0 Å². The fraction of sp³-hybridized carbons (Fsp3) is 0.571. The highest BCUT2D eigenvalue weighted by molar-refractivity contribution is 5.59. The van der Waals surface area contributed by atoms with Crippen LogP contribution in [0.1, 0.15) is 32.6 Å². The van der Waals surface area contributed by atoms with Gasteiger partial charge in [0.2, 0.25) is 0 Å². The Kier molecular flexibility index (Phi) is 4.09. The van der Waals surface area contributed by atoms with E-state index in [1.807, 2.05) is 6.07 Å². The van der Waals surface area contributed by atoms with Crippen LogP contribution in [0.25, 0.3) is 0 Å². The van der Waals surface area contributed by atoms with Crippen molar-refractivity contribution in [1.82, 2.24) is 0 Å². The second-order valence-electron chi connectivity index (χ2n) is 4.36. The summed E-state index contributed by atoms with van der Waals surface area (Å²) in [6.07, 6.45) is 5.30. The lowest BCUT2D eigenvalue weighted by molar-refractivity contribution is 0.307. The number of nitrogens with zero attached hydrogens (tertiary/aromatic N) is 1. The third kappa shape index (κ3) is 2.69. The molecule has 0 saturated carbocycles. The van der Waals surface area contributed by atoms with E-state index in [0.717, 1.165) is 18.9 Å². The van der Waals surface area contributed by atoms with Gasteiger partial charge in [0.05, 0.1) is 12.2 Å². The average molecular weight is 219 g/mol. The fourth-order valence-corrected chi connectivity index (χ4v) is 2.19. The van der Waals surface area contributed by atoms with E-state index in [-0.39, 0.29) is 0 Å². The van der Waals surface area contributed by atoms with Gasteiger partial charge in [-0.15, -0.1) is 0 Å². The highest BCUT2D eigenvalue weighted by atomic mass is 16.5. The van der Waals surface area contributed by atoms with Gasteiger partial charge in [-0.05, 0) is 18.6 Å². The molecule has 2 nitrogen and oxygen atoms in total. The molecule has 0 aliphatic carbocycles. The minimum absolute atomic E-state index is 0.824. The first-order valence-electron chi connectivity index (χ1n) is 6.38. The van der Waals surface area contributed by atoms with E-state index >= 15 is 0 Å². The molecule has 2 rings (SSSR count). The summed E-state index contributed by atoms with van der Waals surface area (Å²) in [7, 11) is 0. The van der Waals surface area contributed by atoms with Gasteiger partial charge >= 0.3 is 0 Å². The van der Waals surface area contributed by atoms with Crippen LogP contribution in [0.3, 0.4) is 0 Å². The molecule has 0 radical (unpaired) electrons. The van der Waals surface area contributed by atoms with Crippen LogP contribution < -0.4 is 9.64 Å². The summed E-state index contributed by atoms with van der Waals surface area (Å²) in [5.41, 5.74) is 1.27. The lowest BCUT2D eigenvalue weighted by Gasteiger charge is -2.31. The van der Waals surface area contributed by atoms with Crippen molar-refractivity contribution in [3.05, 3.63) is 24.3 Å². The molecule has 0 N–H and O–H groups in total. The van der Waals surface area contributed by atoms with Crippen molar-refractivity contribution in [3.8, 4) is 5.75 Å². The van der Waals surface area contributed by atoms with Crippen molar-refractivity contribution in [2.75, 3.05) is 24.6 Å². The highest BCUT2D eigenvalue weighted by Gasteiger charge is 2.16. The van der Waals surface area contributed by atoms with Crippen LogP contribution in [0, 0.1) is 0 Å². The molecule has 1 aromatic rings. The van der Waals surface area contributed by atoms with Crippen molar-refractivity contribution < 1.29 is 4.74 Å². The summed E-state index contributed by atoms with van der Waals surface area (Å²) in [5.74, 6) is 1.05. The van der Waals surface area contributed by atoms with Crippen LogP contribution >= 0.6 is 0 Å². The number of para-hydroxylation sites is 2. The topological polar surface area (TPSA) is 12.5 Å². The van der Waals surface area contributed by atoms with E-state index in [9.17, 15) is 0 Å². The molecule has 1 aliphatic heterocycles. The fourth-order valence-electron chi connectivity index (χ4n) is 2.19. The summed E-state index contributed by atoms with van der Waals surface area (Å²) in [5, 5.41) is 0. The standard InChI is InChI=1S/C14H21NO/c1-2-3-4-7-10-15-11-12-16-14-9-6-5-8-13(14)15/h5-6,8-9H,2-4,7,10-12H2,1H3. The summed E-state index contributed by atoms with van der Waals surface area (Å²) in [6, 6.07) is 8.35. The van der Waals surface area contributed by atoms with E-state index in [2.05, 4.69) is 30.0 Å². The molecule has 0 aromatic heterocycles. The molecule has 0 bridgehead atoms. The number of hydrogen-bond donors (Lipinski definition) is 0. The molecule has 0 spiro atoms. The minimum Gasteiger partial charge on any atom is -0.490 e. The predicted molar refractivity (Wildman–Crippen MR) is 68.3 cm³/mol. The second kappa shape index (κ2) is 5.78. The van der Waals surface area contributed by atoms with Crippen LogP contribution in [-0.4, -0.2) is 19.7 Å². The maximum Gasteiger partial charge on any atom is 0.142 e. The first-order valence-corrected chi connectivity index (χ1v) is 6.38. The number of anilines is 1. The maximum atomic E-state index is 5.64. The van der Waals surface area contributed by atoms with Gasteiger partial charge in [0.1, 0.15) is 12.4 Å². The van der Waals surface area contributed by atoms with Gasteiger partial charge in [-0.3, -0.25) is 0 Å². The molecule has 0 unspecified atom stereocenters. The van der Waals surface area contributed by atoms with Gasteiger partial charge in [0.25, 0.3) is 0 Å². The van der Waals surface area contributed by atoms with E-state index in [0.29, 0.717) is 0 Å². The highest BCUT2D eigenvalue weighted by Crippen LogP contribution is 2.30. The molecule has 0 amide bonds. The molecule has 1 aromatic carbocycles. The predicted octanol–water partition coefficient (Wildman–Crippen LogP) is 3.47. The molecular weight excluding hydrogens is 198 g/mol. The largest absolute Gasteiger partial charge is 0.490 e. The molecule has 16 heavy (non-hydrogen) atoms. The van der Waals surface area contributed by atoms with Crippen LogP contribution in [-0.2, 0) is 0 Å². The smallest absolute Gasteiger partial charge is 0.142 e. The van der Waals surface area contributed by atoms with Crippen molar-refractivity contribution in [2.24, 2.45) is 0 Å². The second-order valence-corrected chi connectivity index (χ2v) is 4.36. The normalized spacial score (nSPS) is 14.4. The molecule has 2 heteroatoms. The Labute approximate surface area is 98.2 Å². The third-order valence-corrected chi connectivity index (χ3v) is 3.11. The van der Waals surface area contributed by atoms with Gasteiger partial charge < -0.3 is 9.64 Å². The number of rotatable bonds is 5. The van der Waals surface area contributed by atoms with Crippen LogP contribution in [0.15, 0.2) is 24.3 Å². The van der Waals surface area contributed by atoms with E-state index < -0.39 is 0 Å². The van der Waals surface area contributed by atoms with Gasteiger partial charge in [0, 0.05) is 6.54 Å². The van der Waals surface area contributed by atoms with Gasteiger partial charge in [0.15, 0.2) is 0 Å². The van der Waals surface area contributed by atoms with E-state index in [1.165, 1.54) is 37.9 Å². The van der Waals surface area contributed by atoms with Gasteiger partial charge in [-0.25, -0.2) is 0 Å². The summed E-state index contributed by atoms with van der Waals surface area (Å²) < 4.78 is 5.64. The molecule has 0 fully saturated rings. The van der Waals surface area contributed by atoms with Crippen molar-refractivity contribution >= 4 is 5.69 Å². The summed E-state index contributed by atoms with van der Waals surface area (Å²) in [4.78, 5) is 2.45. The first-order chi connectivity index (χ1) is 7.92. The third-order valence-electron chi connectivity index (χ3n) is 3.11. The molecule has 1 heterocycles. The summed E-state index contributed by atoms with van der Waals surface area (Å²) in [6.45, 7) is 5.28. The number of hydrogen-bond acceptors (Lipinski definition) is 2. The Bertz CT molecular complexity index is 324. The van der Waals surface area contributed by atoms with Gasteiger partial charge in [-0.1, -0.05) is 38.3 Å². The zero-order chi connectivity index (χ0) is 11.2. The SMILES string of the molecule is CCCCCCN1CCOc2ccccc21.